The Hall–Kier alpha value is -0.410. The molecule has 31 heavy (non-hydrogen) atoms. The molecule has 4 bridgehead atoms. The molecule has 0 aromatic heterocycles. The van der Waals surface area contributed by atoms with Crippen molar-refractivity contribution in [3.8, 4) is 0 Å². The second-order valence-corrected chi connectivity index (χ2v) is 9.58. The first-order valence-corrected chi connectivity index (χ1v) is 10.5. The predicted molar refractivity (Wildman–Crippen MR) is 89.1 cm³/mol. The highest BCUT2D eigenvalue weighted by atomic mass is 32.2. The Morgan fingerprint density at radius 2 is 1.32 bits per heavy atom. The van der Waals surface area contributed by atoms with Crippen molar-refractivity contribution in [3.05, 3.63) is 0 Å². The van der Waals surface area contributed by atoms with Gasteiger partial charge < -0.3 is 4.74 Å². The molecule has 182 valence electrons. The molecule has 4 saturated carbocycles. The molecule has 0 spiro atoms. The molecular formula is C17H22F8O5S. The average Bonchev–Trinajstić information content (AvgIpc) is 2.61. The average molecular weight is 490 g/mol. The molecular weight excluding hydrogens is 468 g/mol. The molecule has 4 fully saturated rings. The lowest BCUT2D eigenvalue weighted by Crippen LogP contribution is -2.53. The third-order valence-corrected chi connectivity index (χ3v) is 6.98. The van der Waals surface area contributed by atoms with Crippen LogP contribution in [-0.4, -0.2) is 35.4 Å². The minimum atomic E-state index is -6.12. The highest BCUT2D eigenvalue weighted by Gasteiger charge is 2.71. The van der Waals surface area contributed by atoms with Crippen molar-refractivity contribution in [1.29, 1.82) is 0 Å². The van der Waals surface area contributed by atoms with E-state index < -0.39 is 42.2 Å². The lowest BCUT2D eigenvalue weighted by Gasteiger charge is -2.57. The standard InChI is InChI=1S/C17H22F8O5S/c18-14(19,15(20,21)28-16(22,23)17(24,25)31-30-29-26)27-3-1-2-13-7-10-4-11(8-13)6-12(5-10)9-13/h10-12,26H,1-9H2. The number of hydrogen-bond donors (Lipinski definition) is 1. The quantitative estimate of drug-likeness (QED) is 0.111. The monoisotopic (exact) mass is 490 g/mol. The molecule has 0 aliphatic heterocycles. The maximum absolute atomic E-state index is 13.7. The van der Waals surface area contributed by atoms with Crippen molar-refractivity contribution in [2.75, 3.05) is 6.61 Å². The highest BCUT2D eigenvalue weighted by molar-refractivity contribution is 7.95. The minimum absolute atomic E-state index is 0.0120. The molecule has 0 amide bonds. The van der Waals surface area contributed by atoms with Gasteiger partial charge in [-0.2, -0.15) is 35.1 Å². The van der Waals surface area contributed by atoms with Gasteiger partial charge in [0.25, 0.3) is 0 Å². The van der Waals surface area contributed by atoms with Crippen LogP contribution in [0.5, 0.6) is 0 Å². The van der Waals surface area contributed by atoms with Gasteiger partial charge in [0, 0.05) is 0 Å². The Kier molecular flexibility index (Phi) is 7.11. The number of hydrogen-bond acceptors (Lipinski definition) is 6. The molecule has 0 aromatic carbocycles. The smallest absolute Gasteiger partial charge is 0.313 e. The van der Waals surface area contributed by atoms with Crippen LogP contribution in [0.25, 0.3) is 0 Å². The Morgan fingerprint density at radius 1 is 0.806 bits per heavy atom. The summed E-state index contributed by atoms with van der Waals surface area (Å²) in [5, 5.41) is 4.75. The number of halogens is 8. The van der Waals surface area contributed by atoms with Gasteiger partial charge in [0.1, 0.15) is 12.0 Å². The van der Waals surface area contributed by atoms with Gasteiger partial charge in [0.05, 0.1) is 6.61 Å². The number of rotatable bonds is 12. The van der Waals surface area contributed by atoms with E-state index in [1.807, 2.05) is 0 Å². The fourth-order valence-corrected chi connectivity index (χ4v) is 5.97. The Labute approximate surface area is 176 Å². The molecule has 0 saturated heterocycles. The van der Waals surface area contributed by atoms with Gasteiger partial charge in [-0.15, -0.1) is 4.33 Å². The predicted octanol–water partition coefficient (Wildman–Crippen LogP) is 6.46. The summed E-state index contributed by atoms with van der Waals surface area (Å²) in [6.07, 6.45) is -11.0. The summed E-state index contributed by atoms with van der Waals surface area (Å²) in [6.45, 7) is -0.883. The second kappa shape index (κ2) is 8.75. The van der Waals surface area contributed by atoms with Crippen LogP contribution < -0.4 is 0 Å². The SMILES string of the molecule is OOOSC(F)(F)C(F)(F)OC(F)(F)C(F)(F)OCCCC12CC3CC(CC(C3)C1)C2. The zero-order valence-corrected chi connectivity index (χ0v) is 16.9. The molecule has 0 heterocycles. The summed E-state index contributed by atoms with van der Waals surface area (Å²) in [5.74, 6) is 1.77. The summed E-state index contributed by atoms with van der Waals surface area (Å²) >= 11 is -1.61. The van der Waals surface area contributed by atoms with Crippen LogP contribution in [-0.2, 0) is 18.8 Å². The first kappa shape index (κ1) is 25.2. The molecule has 1 N–H and O–H groups in total. The zero-order chi connectivity index (χ0) is 23.1. The maximum Gasteiger partial charge on any atom is 0.453 e. The Morgan fingerprint density at radius 3 is 1.81 bits per heavy atom. The highest BCUT2D eigenvalue weighted by Crippen LogP contribution is 2.61. The lowest BCUT2D eigenvalue weighted by atomic mass is 9.48. The third kappa shape index (κ3) is 5.40. The van der Waals surface area contributed by atoms with E-state index in [1.54, 1.807) is 0 Å². The lowest BCUT2D eigenvalue weighted by molar-refractivity contribution is -0.497. The number of ether oxygens (including phenoxy) is 2. The largest absolute Gasteiger partial charge is 0.453 e. The van der Waals surface area contributed by atoms with Gasteiger partial charge in [0.15, 0.2) is 0 Å². The van der Waals surface area contributed by atoms with Crippen LogP contribution in [0.4, 0.5) is 35.1 Å². The van der Waals surface area contributed by atoms with E-state index in [1.165, 1.54) is 0 Å². The van der Waals surface area contributed by atoms with Gasteiger partial charge in [-0.1, -0.05) is 5.04 Å². The third-order valence-electron chi connectivity index (χ3n) is 6.40. The maximum atomic E-state index is 13.7. The van der Waals surface area contributed by atoms with E-state index in [4.69, 9.17) is 5.26 Å². The molecule has 4 rings (SSSR count). The van der Waals surface area contributed by atoms with Crippen LogP contribution in [0.15, 0.2) is 0 Å². The summed E-state index contributed by atoms with van der Waals surface area (Å²) in [6, 6.07) is 0. The summed E-state index contributed by atoms with van der Waals surface area (Å²) in [7, 11) is 0. The van der Waals surface area contributed by atoms with Crippen LogP contribution in [0.1, 0.15) is 51.4 Å². The molecule has 0 aromatic rings. The van der Waals surface area contributed by atoms with E-state index in [0.717, 1.165) is 38.5 Å². The second-order valence-electron chi connectivity index (χ2n) is 8.76. The van der Waals surface area contributed by atoms with Crippen molar-refractivity contribution in [3.63, 3.8) is 0 Å². The van der Waals surface area contributed by atoms with E-state index in [-0.39, 0.29) is 11.8 Å². The van der Waals surface area contributed by atoms with Gasteiger partial charge >= 0.3 is 23.6 Å². The number of alkyl halides is 8. The van der Waals surface area contributed by atoms with Crippen molar-refractivity contribution < 1.29 is 59.2 Å². The van der Waals surface area contributed by atoms with Crippen molar-refractivity contribution >= 4 is 12.0 Å². The normalized spacial score (nSPS) is 31.5. The van der Waals surface area contributed by atoms with Crippen LogP contribution in [0.3, 0.4) is 0 Å². The van der Waals surface area contributed by atoms with Gasteiger partial charge in [-0.25, -0.2) is 9.99 Å². The molecule has 0 atom stereocenters. The molecule has 14 heteroatoms. The van der Waals surface area contributed by atoms with Gasteiger partial charge in [-0.3, -0.25) is 0 Å². The van der Waals surface area contributed by atoms with Crippen LogP contribution >= 0.6 is 12.0 Å². The fraction of sp³-hybridized carbons (Fsp3) is 1.00. The molecule has 0 radical (unpaired) electrons. The van der Waals surface area contributed by atoms with Crippen LogP contribution in [0, 0.1) is 23.2 Å². The Balaban J connectivity index is 1.51. The van der Waals surface area contributed by atoms with E-state index >= 15 is 0 Å². The van der Waals surface area contributed by atoms with E-state index in [9.17, 15) is 35.1 Å². The molecule has 5 nitrogen and oxygen atoms in total. The topological polar surface area (TPSA) is 57.2 Å². The first-order valence-electron chi connectivity index (χ1n) is 9.72. The van der Waals surface area contributed by atoms with E-state index in [2.05, 4.69) is 18.8 Å². The van der Waals surface area contributed by atoms with Gasteiger partial charge in [0.2, 0.25) is 0 Å². The zero-order valence-electron chi connectivity index (χ0n) is 16.1. The van der Waals surface area contributed by atoms with Crippen molar-refractivity contribution in [2.45, 2.75) is 74.9 Å². The summed E-state index contributed by atoms with van der Waals surface area (Å²) < 4.78 is 117. The first-order chi connectivity index (χ1) is 14.2. The van der Waals surface area contributed by atoms with Gasteiger partial charge in [-0.05, 0) is 74.5 Å². The summed E-state index contributed by atoms with van der Waals surface area (Å²) in [5.41, 5.74) is -0.0342. The van der Waals surface area contributed by atoms with Crippen LogP contribution in [0.2, 0.25) is 0 Å². The van der Waals surface area contributed by atoms with Crippen molar-refractivity contribution in [2.24, 2.45) is 23.2 Å². The molecule has 4 aliphatic rings. The minimum Gasteiger partial charge on any atom is -0.313 e. The summed E-state index contributed by atoms with van der Waals surface area (Å²) in [4.78, 5) is 0. The molecule has 0 unspecified atom stereocenters. The van der Waals surface area contributed by atoms with E-state index in [0.29, 0.717) is 24.2 Å². The Bertz CT molecular complexity index is 600. The molecule has 4 aliphatic carbocycles. The fourth-order valence-electron chi connectivity index (χ4n) is 5.71. The van der Waals surface area contributed by atoms with Crippen molar-refractivity contribution in [1.82, 2.24) is 0 Å².